The average Bonchev–Trinajstić information content (AvgIpc) is 2.86. The first-order chi connectivity index (χ1) is 9.27. The predicted octanol–water partition coefficient (Wildman–Crippen LogP) is 1.96. The monoisotopic (exact) mass is 263 g/mol. The zero-order chi connectivity index (χ0) is 13.5. The van der Waals surface area contributed by atoms with Crippen molar-refractivity contribution in [1.82, 2.24) is 15.6 Å². The third-order valence-electron chi connectivity index (χ3n) is 2.93. The molecular formula is C13H17N3O3. The molecule has 6 heteroatoms. The summed E-state index contributed by atoms with van der Waals surface area (Å²) in [6.07, 6.45) is 2.89. The van der Waals surface area contributed by atoms with E-state index in [4.69, 9.17) is 9.74 Å². The van der Waals surface area contributed by atoms with Crippen LogP contribution in [-0.2, 0) is 11.3 Å². The van der Waals surface area contributed by atoms with Gasteiger partial charge in [-0.3, -0.25) is 4.79 Å². The zero-order valence-corrected chi connectivity index (χ0v) is 10.6. The first kappa shape index (κ1) is 13.5. The van der Waals surface area contributed by atoms with E-state index in [1.165, 1.54) is 0 Å². The van der Waals surface area contributed by atoms with E-state index in [1.807, 2.05) is 18.2 Å². The van der Waals surface area contributed by atoms with Crippen molar-refractivity contribution in [2.75, 3.05) is 6.54 Å². The SMILES string of the molecule is O=C(O)CCCCCNCc1cccc2nonc12. The number of aliphatic carboxylic acids is 1. The Labute approximate surface area is 110 Å². The van der Waals surface area contributed by atoms with Crippen molar-refractivity contribution in [2.45, 2.75) is 32.2 Å². The molecule has 0 spiro atoms. The van der Waals surface area contributed by atoms with Crippen molar-refractivity contribution in [3.8, 4) is 0 Å². The van der Waals surface area contributed by atoms with E-state index >= 15 is 0 Å². The second kappa shape index (κ2) is 6.84. The summed E-state index contributed by atoms with van der Waals surface area (Å²) in [7, 11) is 0. The van der Waals surface area contributed by atoms with Gasteiger partial charge >= 0.3 is 5.97 Å². The lowest BCUT2D eigenvalue weighted by Gasteiger charge is -2.04. The number of unbranched alkanes of at least 4 members (excludes halogenated alkanes) is 2. The number of benzene rings is 1. The number of carboxylic acids is 1. The smallest absolute Gasteiger partial charge is 0.303 e. The van der Waals surface area contributed by atoms with Gasteiger partial charge in [-0.2, -0.15) is 0 Å². The largest absolute Gasteiger partial charge is 0.481 e. The molecule has 0 unspecified atom stereocenters. The Kier molecular flexibility index (Phi) is 4.85. The topological polar surface area (TPSA) is 88.2 Å². The van der Waals surface area contributed by atoms with Gasteiger partial charge in [-0.15, -0.1) is 0 Å². The van der Waals surface area contributed by atoms with E-state index in [1.54, 1.807) is 0 Å². The number of hydrogen-bond donors (Lipinski definition) is 2. The number of rotatable bonds is 8. The summed E-state index contributed by atoms with van der Waals surface area (Å²) in [5.41, 5.74) is 2.62. The minimum absolute atomic E-state index is 0.254. The number of carbonyl (C=O) groups is 1. The van der Waals surface area contributed by atoms with E-state index in [9.17, 15) is 4.79 Å². The summed E-state index contributed by atoms with van der Waals surface area (Å²) in [6.45, 7) is 1.58. The molecule has 0 saturated heterocycles. The van der Waals surface area contributed by atoms with E-state index < -0.39 is 5.97 Å². The number of nitrogens with zero attached hydrogens (tertiary/aromatic N) is 2. The van der Waals surface area contributed by atoms with E-state index in [0.29, 0.717) is 6.54 Å². The predicted molar refractivity (Wildman–Crippen MR) is 69.6 cm³/mol. The number of nitrogens with one attached hydrogen (secondary N) is 1. The molecule has 1 aromatic carbocycles. The molecule has 1 heterocycles. The molecule has 0 atom stereocenters. The number of aromatic nitrogens is 2. The van der Waals surface area contributed by atoms with Crippen molar-refractivity contribution in [1.29, 1.82) is 0 Å². The molecule has 0 fully saturated rings. The lowest BCUT2D eigenvalue weighted by molar-refractivity contribution is -0.137. The number of hydrogen-bond acceptors (Lipinski definition) is 5. The highest BCUT2D eigenvalue weighted by atomic mass is 16.6. The Bertz CT molecular complexity index is 539. The molecule has 2 N–H and O–H groups in total. The fraction of sp³-hybridized carbons (Fsp3) is 0.462. The summed E-state index contributed by atoms with van der Waals surface area (Å²) < 4.78 is 4.70. The van der Waals surface area contributed by atoms with Gasteiger partial charge in [0.05, 0.1) is 0 Å². The summed E-state index contributed by atoms with van der Waals surface area (Å²) in [4.78, 5) is 10.3. The highest BCUT2D eigenvalue weighted by Crippen LogP contribution is 2.14. The highest BCUT2D eigenvalue weighted by Gasteiger charge is 2.05. The minimum atomic E-state index is -0.724. The molecule has 102 valence electrons. The molecule has 2 aromatic rings. The van der Waals surface area contributed by atoms with Gasteiger partial charge in [0.15, 0.2) is 0 Å². The van der Waals surface area contributed by atoms with Crippen LogP contribution in [0.3, 0.4) is 0 Å². The van der Waals surface area contributed by atoms with Gasteiger partial charge in [0.1, 0.15) is 11.0 Å². The molecule has 6 nitrogen and oxygen atoms in total. The quantitative estimate of drug-likeness (QED) is 0.708. The van der Waals surface area contributed by atoms with Crippen molar-refractivity contribution >= 4 is 17.0 Å². The van der Waals surface area contributed by atoms with Crippen LogP contribution in [-0.4, -0.2) is 27.9 Å². The lowest BCUT2D eigenvalue weighted by atomic mass is 10.1. The van der Waals surface area contributed by atoms with Gasteiger partial charge in [0, 0.05) is 13.0 Å². The van der Waals surface area contributed by atoms with Crippen molar-refractivity contribution < 1.29 is 14.5 Å². The second-order valence-electron chi connectivity index (χ2n) is 4.43. The molecule has 1 aromatic heterocycles. The van der Waals surface area contributed by atoms with E-state index in [0.717, 1.165) is 42.4 Å². The fourth-order valence-electron chi connectivity index (χ4n) is 1.93. The van der Waals surface area contributed by atoms with Gasteiger partial charge in [-0.25, -0.2) is 4.63 Å². The lowest BCUT2D eigenvalue weighted by Crippen LogP contribution is -2.15. The third-order valence-corrected chi connectivity index (χ3v) is 2.93. The summed E-state index contributed by atoms with van der Waals surface area (Å²) in [5, 5.41) is 19.5. The van der Waals surface area contributed by atoms with E-state index in [-0.39, 0.29) is 6.42 Å². The van der Waals surface area contributed by atoms with Crippen LogP contribution in [0.4, 0.5) is 0 Å². The summed E-state index contributed by atoms with van der Waals surface area (Å²) >= 11 is 0. The molecule has 0 aliphatic heterocycles. The molecule has 0 radical (unpaired) electrons. The van der Waals surface area contributed by atoms with Crippen LogP contribution in [0.2, 0.25) is 0 Å². The van der Waals surface area contributed by atoms with Crippen LogP contribution >= 0.6 is 0 Å². The molecule has 0 bridgehead atoms. The third kappa shape index (κ3) is 4.03. The van der Waals surface area contributed by atoms with Crippen LogP contribution in [0.25, 0.3) is 11.0 Å². The number of carboxylic acid groups (broad SMARTS) is 1. The van der Waals surface area contributed by atoms with Crippen LogP contribution < -0.4 is 5.32 Å². The van der Waals surface area contributed by atoms with Crippen molar-refractivity contribution in [3.63, 3.8) is 0 Å². The Morgan fingerprint density at radius 2 is 2.16 bits per heavy atom. The maximum atomic E-state index is 10.3. The van der Waals surface area contributed by atoms with Gasteiger partial charge < -0.3 is 10.4 Å². The zero-order valence-electron chi connectivity index (χ0n) is 10.6. The molecular weight excluding hydrogens is 246 g/mol. The Morgan fingerprint density at radius 3 is 3.00 bits per heavy atom. The Hall–Kier alpha value is -1.95. The molecule has 2 rings (SSSR count). The first-order valence-electron chi connectivity index (χ1n) is 6.40. The Morgan fingerprint density at radius 1 is 1.26 bits per heavy atom. The fourth-order valence-corrected chi connectivity index (χ4v) is 1.93. The molecule has 0 aliphatic rings. The van der Waals surface area contributed by atoms with Gasteiger partial charge in [0.25, 0.3) is 0 Å². The normalized spacial score (nSPS) is 10.9. The summed E-state index contributed by atoms with van der Waals surface area (Å²) in [5.74, 6) is -0.724. The summed E-state index contributed by atoms with van der Waals surface area (Å²) in [6, 6.07) is 5.78. The minimum Gasteiger partial charge on any atom is -0.481 e. The highest BCUT2D eigenvalue weighted by molar-refractivity contribution is 5.76. The second-order valence-corrected chi connectivity index (χ2v) is 4.43. The molecule has 19 heavy (non-hydrogen) atoms. The molecule has 0 saturated carbocycles. The van der Waals surface area contributed by atoms with Gasteiger partial charge in [-0.1, -0.05) is 18.6 Å². The maximum absolute atomic E-state index is 10.3. The van der Waals surface area contributed by atoms with Crippen LogP contribution in [0.1, 0.15) is 31.2 Å². The van der Waals surface area contributed by atoms with Crippen LogP contribution in [0.15, 0.2) is 22.8 Å². The number of fused-ring (bicyclic) bond motifs is 1. The van der Waals surface area contributed by atoms with E-state index in [2.05, 4.69) is 15.6 Å². The Balaban J connectivity index is 1.68. The van der Waals surface area contributed by atoms with Crippen LogP contribution in [0, 0.1) is 0 Å². The van der Waals surface area contributed by atoms with Crippen molar-refractivity contribution in [3.05, 3.63) is 23.8 Å². The standard InChI is InChI=1S/C13H17N3O3/c17-12(18)7-2-1-3-8-14-9-10-5-4-6-11-13(10)16-19-15-11/h4-6,14H,1-3,7-9H2,(H,17,18). The maximum Gasteiger partial charge on any atom is 0.303 e. The van der Waals surface area contributed by atoms with Crippen LogP contribution in [0.5, 0.6) is 0 Å². The molecule has 0 amide bonds. The van der Waals surface area contributed by atoms with Crippen molar-refractivity contribution in [2.24, 2.45) is 0 Å². The molecule has 0 aliphatic carbocycles. The van der Waals surface area contributed by atoms with Gasteiger partial charge in [0.2, 0.25) is 0 Å². The average molecular weight is 263 g/mol. The van der Waals surface area contributed by atoms with Gasteiger partial charge in [-0.05, 0) is 41.3 Å². The first-order valence-corrected chi connectivity index (χ1v) is 6.40.